The van der Waals surface area contributed by atoms with Crippen LogP contribution in [-0.4, -0.2) is 6.04 Å². The van der Waals surface area contributed by atoms with E-state index in [1.807, 2.05) is 42.5 Å². The van der Waals surface area contributed by atoms with Gasteiger partial charge in [-0.05, 0) is 30.3 Å². The number of hydrogen-bond donors (Lipinski definition) is 1. The SMILES string of the molecule is CC(C)NCc1cccc(Cl)c1Oc1ccc(Br)cc1. The van der Waals surface area contributed by atoms with Crippen molar-refractivity contribution in [2.75, 3.05) is 0 Å². The average Bonchev–Trinajstić information content (AvgIpc) is 2.41. The molecule has 2 nitrogen and oxygen atoms in total. The van der Waals surface area contributed by atoms with E-state index in [2.05, 4.69) is 35.1 Å². The van der Waals surface area contributed by atoms with Crippen LogP contribution in [0.5, 0.6) is 11.5 Å². The zero-order chi connectivity index (χ0) is 14.5. The van der Waals surface area contributed by atoms with Gasteiger partial charge >= 0.3 is 0 Å². The Balaban J connectivity index is 2.23. The van der Waals surface area contributed by atoms with Crippen LogP contribution in [0.4, 0.5) is 0 Å². The van der Waals surface area contributed by atoms with Gasteiger partial charge in [0.2, 0.25) is 0 Å². The Morgan fingerprint density at radius 3 is 2.50 bits per heavy atom. The minimum absolute atomic E-state index is 0.412. The second-order valence-corrected chi connectivity index (χ2v) is 6.14. The van der Waals surface area contributed by atoms with E-state index in [9.17, 15) is 0 Å². The first-order valence-electron chi connectivity index (χ1n) is 6.50. The van der Waals surface area contributed by atoms with Gasteiger partial charge < -0.3 is 10.1 Å². The van der Waals surface area contributed by atoms with E-state index in [-0.39, 0.29) is 0 Å². The van der Waals surface area contributed by atoms with Crippen molar-refractivity contribution in [1.29, 1.82) is 0 Å². The number of halogens is 2. The standard InChI is InChI=1S/C16H17BrClNO/c1-11(2)19-10-12-4-3-5-15(18)16(12)20-14-8-6-13(17)7-9-14/h3-9,11,19H,10H2,1-2H3. The number of hydrogen-bond acceptors (Lipinski definition) is 2. The summed E-state index contributed by atoms with van der Waals surface area (Å²) in [5, 5.41) is 4.00. The van der Waals surface area contributed by atoms with E-state index in [1.54, 1.807) is 0 Å². The molecule has 2 rings (SSSR count). The summed E-state index contributed by atoms with van der Waals surface area (Å²) in [6.07, 6.45) is 0. The Hall–Kier alpha value is -1.03. The summed E-state index contributed by atoms with van der Waals surface area (Å²) in [4.78, 5) is 0. The largest absolute Gasteiger partial charge is 0.455 e. The van der Waals surface area contributed by atoms with Gasteiger partial charge in [0, 0.05) is 22.6 Å². The highest BCUT2D eigenvalue weighted by atomic mass is 79.9. The smallest absolute Gasteiger partial charge is 0.150 e. The van der Waals surface area contributed by atoms with E-state index in [4.69, 9.17) is 16.3 Å². The fourth-order valence-corrected chi connectivity index (χ4v) is 2.24. The molecule has 0 heterocycles. The van der Waals surface area contributed by atoms with Crippen LogP contribution in [0, 0.1) is 0 Å². The number of rotatable bonds is 5. The first-order valence-corrected chi connectivity index (χ1v) is 7.67. The molecular weight excluding hydrogens is 338 g/mol. The molecule has 0 aliphatic heterocycles. The molecule has 0 saturated heterocycles. The summed E-state index contributed by atoms with van der Waals surface area (Å²) in [6, 6.07) is 13.9. The maximum Gasteiger partial charge on any atom is 0.150 e. The van der Waals surface area contributed by atoms with Gasteiger partial charge in [0.05, 0.1) is 5.02 Å². The third-order valence-electron chi connectivity index (χ3n) is 2.78. The van der Waals surface area contributed by atoms with Crippen molar-refractivity contribution in [3.63, 3.8) is 0 Å². The normalized spacial score (nSPS) is 10.8. The minimum atomic E-state index is 0.412. The summed E-state index contributed by atoms with van der Waals surface area (Å²) < 4.78 is 6.95. The third-order valence-corrected chi connectivity index (χ3v) is 3.61. The van der Waals surface area contributed by atoms with Crippen LogP contribution >= 0.6 is 27.5 Å². The number of para-hydroxylation sites is 1. The highest BCUT2D eigenvalue weighted by Crippen LogP contribution is 2.33. The van der Waals surface area contributed by atoms with E-state index >= 15 is 0 Å². The molecule has 0 saturated carbocycles. The average molecular weight is 355 g/mol. The molecule has 0 aromatic heterocycles. The zero-order valence-electron chi connectivity index (χ0n) is 11.5. The van der Waals surface area contributed by atoms with Crippen LogP contribution in [0.2, 0.25) is 5.02 Å². The predicted octanol–water partition coefficient (Wildman–Crippen LogP) is 5.39. The van der Waals surface area contributed by atoms with Crippen molar-refractivity contribution in [2.45, 2.75) is 26.4 Å². The topological polar surface area (TPSA) is 21.3 Å². The van der Waals surface area contributed by atoms with Crippen LogP contribution in [0.1, 0.15) is 19.4 Å². The number of nitrogens with one attached hydrogen (secondary N) is 1. The van der Waals surface area contributed by atoms with E-state index < -0.39 is 0 Å². The van der Waals surface area contributed by atoms with Gasteiger partial charge in [0.15, 0.2) is 0 Å². The molecule has 0 spiro atoms. The second kappa shape index (κ2) is 7.11. The Morgan fingerprint density at radius 1 is 1.15 bits per heavy atom. The molecular formula is C16H17BrClNO. The molecule has 1 N–H and O–H groups in total. The van der Waals surface area contributed by atoms with Crippen molar-refractivity contribution >= 4 is 27.5 Å². The molecule has 0 aliphatic carbocycles. The Labute approximate surface area is 133 Å². The van der Waals surface area contributed by atoms with Gasteiger partial charge in [-0.3, -0.25) is 0 Å². The Bertz CT molecular complexity index is 569. The van der Waals surface area contributed by atoms with Crippen LogP contribution < -0.4 is 10.1 Å². The molecule has 0 aliphatic rings. The Kier molecular flexibility index (Phi) is 5.46. The van der Waals surface area contributed by atoms with Crippen molar-refractivity contribution in [3.05, 3.63) is 57.5 Å². The maximum absolute atomic E-state index is 6.26. The second-order valence-electron chi connectivity index (χ2n) is 4.82. The molecule has 0 bridgehead atoms. The van der Waals surface area contributed by atoms with Crippen LogP contribution in [-0.2, 0) is 6.54 Å². The molecule has 0 radical (unpaired) electrons. The molecule has 0 amide bonds. The van der Waals surface area contributed by atoms with Gasteiger partial charge in [-0.1, -0.05) is 53.5 Å². The summed E-state index contributed by atoms with van der Waals surface area (Å²) in [6.45, 7) is 4.95. The van der Waals surface area contributed by atoms with Crippen molar-refractivity contribution in [2.24, 2.45) is 0 Å². The molecule has 0 atom stereocenters. The van der Waals surface area contributed by atoms with E-state index in [0.717, 1.165) is 22.3 Å². The van der Waals surface area contributed by atoms with Crippen molar-refractivity contribution < 1.29 is 4.74 Å². The summed E-state index contributed by atoms with van der Waals surface area (Å²) in [7, 11) is 0. The number of benzene rings is 2. The van der Waals surface area contributed by atoms with Crippen LogP contribution in [0.25, 0.3) is 0 Å². The van der Waals surface area contributed by atoms with Gasteiger partial charge in [-0.2, -0.15) is 0 Å². The number of ether oxygens (including phenoxy) is 1. The van der Waals surface area contributed by atoms with Crippen LogP contribution in [0.15, 0.2) is 46.9 Å². The lowest BCUT2D eigenvalue weighted by atomic mass is 10.2. The molecule has 0 fully saturated rings. The van der Waals surface area contributed by atoms with Crippen LogP contribution in [0.3, 0.4) is 0 Å². The molecule has 0 unspecified atom stereocenters. The lowest BCUT2D eigenvalue weighted by Gasteiger charge is -2.15. The van der Waals surface area contributed by atoms with Gasteiger partial charge in [0.1, 0.15) is 11.5 Å². The quantitative estimate of drug-likeness (QED) is 0.777. The minimum Gasteiger partial charge on any atom is -0.455 e. The van der Waals surface area contributed by atoms with Crippen molar-refractivity contribution in [1.82, 2.24) is 5.32 Å². The fraction of sp³-hybridized carbons (Fsp3) is 0.250. The third kappa shape index (κ3) is 4.23. The fourth-order valence-electron chi connectivity index (χ4n) is 1.74. The lowest BCUT2D eigenvalue weighted by Crippen LogP contribution is -2.22. The van der Waals surface area contributed by atoms with Crippen molar-refractivity contribution in [3.8, 4) is 11.5 Å². The summed E-state index contributed by atoms with van der Waals surface area (Å²) in [5.74, 6) is 1.48. The molecule has 2 aromatic carbocycles. The van der Waals surface area contributed by atoms with Gasteiger partial charge in [-0.25, -0.2) is 0 Å². The Morgan fingerprint density at radius 2 is 1.85 bits per heavy atom. The zero-order valence-corrected chi connectivity index (χ0v) is 13.8. The van der Waals surface area contributed by atoms with E-state index in [1.165, 1.54) is 0 Å². The van der Waals surface area contributed by atoms with E-state index in [0.29, 0.717) is 16.8 Å². The lowest BCUT2D eigenvalue weighted by molar-refractivity contribution is 0.469. The molecule has 2 aromatic rings. The van der Waals surface area contributed by atoms with Gasteiger partial charge in [0.25, 0.3) is 0 Å². The summed E-state index contributed by atoms with van der Waals surface area (Å²) >= 11 is 9.67. The van der Waals surface area contributed by atoms with Gasteiger partial charge in [-0.15, -0.1) is 0 Å². The first kappa shape index (κ1) is 15.4. The highest BCUT2D eigenvalue weighted by Gasteiger charge is 2.10. The molecule has 20 heavy (non-hydrogen) atoms. The predicted molar refractivity (Wildman–Crippen MR) is 87.6 cm³/mol. The maximum atomic E-state index is 6.26. The molecule has 106 valence electrons. The molecule has 4 heteroatoms. The summed E-state index contributed by atoms with van der Waals surface area (Å²) in [5.41, 5.74) is 1.05. The highest BCUT2D eigenvalue weighted by molar-refractivity contribution is 9.10. The first-order chi connectivity index (χ1) is 9.56. The monoisotopic (exact) mass is 353 g/mol.